The molecule has 0 unspecified atom stereocenters. The van der Waals surface area contributed by atoms with E-state index >= 15 is 0 Å². The van der Waals surface area contributed by atoms with Gasteiger partial charge >= 0.3 is 26.7 Å². The Morgan fingerprint density at radius 3 is 1.03 bits per heavy atom. The molecule has 8 heteroatoms. The number of hydrogen-bond donors (Lipinski definition) is 0. The molecule has 0 bridgehead atoms. The van der Waals surface area contributed by atoms with Gasteiger partial charge in [-0.2, -0.15) is 0 Å². The molecular weight excluding hydrogens is 612 g/mol. The number of hydrogen-bond acceptors (Lipinski definition) is 0. The zero-order valence-corrected chi connectivity index (χ0v) is 27.5. The fourth-order valence-electron chi connectivity index (χ4n) is 3.57. The number of allylic oxidation sites excluding steroid dienone is 4. The molecule has 1 aliphatic rings. The van der Waals surface area contributed by atoms with E-state index in [2.05, 4.69) is 128 Å². The average molecular weight is 656 g/mol. The third kappa shape index (κ3) is 14.5. The fourth-order valence-corrected chi connectivity index (χ4v) is 6.74. The summed E-state index contributed by atoms with van der Waals surface area (Å²) in [6.45, 7) is 19.0. The fraction of sp³-hybridized carbons (Fsp3) is 0.467. The Morgan fingerprint density at radius 1 is 0.553 bits per heavy atom. The number of rotatable bonds is 3. The van der Waals surface area contributed by atoms with E-state index in [1.807, 2.05) is 0 Å². The van der Waals surface area contributed by atoms with E-state index in [4.69, 9.17) is 0 Å². The Morgan fingerprint density at radius 2 is 0.789 bits per heavy atom. The van der Waals surface area contributed by atoms with Crippen LogP contribution in [-0.4, -0.2) is 30.9 Å². The van der Waals surface area contributed by atoms with Crippen molar-refractivity contribution in [3.05, 3.63) is 72.8 Å². The minimum absolute atomic E-state index is 0. The summed E-state index contributed by atoms with van der Waals surface area (Å²) in [6.07, 6.45) is 14.0. The molecule has 2 aromatic rings. The van der Waals surface area contributed by atoms with Gasteiger partial charge in [0, 0.05) is 0 Å². The van der Waals surface area contributed by atoms with Crippen LogP contribution >= 0.6 is 15.8 Å². The van der Waals surface area contributed by atoms with E-state index in [0.717, 1.165) is 0 Å². The maximum Gasteiger partial charge on any atom is 1.00 e. The maximum atomic E-state index is 9.75. The van der Waals surface area contributed by atoms with Gasteiger partial charge in [-0.1, -0.05) is 130 Å². The number of halogens is 4. The van der Waals surface area contributed by atoms with Crippen LogP contribution in [0.4, 0.5) is 17.3 Å². The molecule has 0 heterocycles. The molecule has 0 amide bonds. The summed E-state index contributed by atoms with van der Waals surface area (Å²) < 4.78 is 39.0. The molecule has 0 spiro atoms. The van der Waals surface area contributed by atoms with E-state index in [9.17, 15) is 17.3 Å². The second kappa shape index (κ2) is 17.1. The van der Waals surface area contributed by atoms with Crippen LogP contribution < -0.4 is 10.6 Å². The van der Waals surface area contributed by atoms with Crippen molar-refractivity contribution < 1.29 is 36.7 Å². The van der Waals surface area contributed by atoms with E-state index < -0.39 is 7.25 Å². The van der Waals surface area contributed by atoms with Gasteiger partial charge in [-0.05, 0) is 71.1 Å². The van der Waals surface area contributed by atoms with Gasteiger partial charge < -0.3 is 17.3 Å². The summed E-state index contributed by atoms with van der Waals surface area (Å²) in [5.41, 5.74) is 2.88. The van der Waals surface area contributed by atoms with Crippen LogP contribution in [0.25, 0.3) is 11.1 Å². The van der Waals surface area contributed by atoms with Crippen molar-refractivity contribution >= 4 is 33.7 Å². The zero-order chi connectivity index (χ0) is 28.3. The van der Waals surface area contributed by atoms with Gasteiger partial charge in [0.25, 0.3) is 0 Å². The molecule has 38 heavy (non-hydrogen) atoms. The van der Waals surface area contributed by atoms with E-state index in [0.29, 0.717) is 10.3 Å². The summed E-state index contributed by atoms with van der Waals surface area (Å²) in [4.78, 5) is 0. The van der Waals surface area contributed by atoms with Crippen LogP contribution in [0, 0.1) is 0 Å². The Bertz CT molecular complexity index is 915. The first-order chi connectivity index (χ1) is 17.0. The molecule has 0 fully saturated rings. The predicted octanol–water partition coefficient (Wildman–Crippen LogP) is 10.4. The van der Waals surface area contributed by atoms with E-state index in [1.165, 1.54) is 47.4 Å². The van der Waals surface area contributed by atoms with Crippen molar-refractivity contribution in [2.45, 2.75) is 77.5 Å². The van der Waals surface area contributed by atoms with Crippen molar-refractivity contribution in [1.29, 1.82) is 0 Å². The van der Waals surface area contributed by atoms with Crippen LogP contribution in [0.1, 0.15) is 67.2 Å². The van der Waals surface area contributed by atoms with Gasteiger partial charge in [0.1, 0.15) is 0 Å². The largest absolute Gasteiger partial charge is 1.00 e. The summed E-state index contributed by atoms with van der Waals surface area (Å²) in [6, 6.07) is 18.1. The Labute approximate surface area is 244 Å². The molecule has 0 saturated heterocycles. The molecule has 0 nitrogen and oxygen atoms in total. The normalized spacial score (nSPS) is 17.1. The molecule has 0 radical (unpaired) electrons. The molecular formula is C30H44BF4P2Rh. The van der Waals surface area contributed by atoms with Crippen LogP contribution in [-0.2, 0) is 19.5 Å². The number of benzene rings is 2. The first-order valence-electron chi connectivity index (χ1n) is 12.9. The molecule has 3 rings (SSSR count). The molecule has 214 valence electrons. The maximum absolute atomic E-state index is 9.75. The van der Waals surface area contributed by atoms with Gasteiger partial charge in [-0.25, -0.2) is 0 Å². The SMILES string of the molecule is C1=C\CC/C=C\CC/1.C[P@](c1ccccc1-c1ccccc1[P@@](C)C(C)(C)C)C(C)(C)C.F[B-](F)(F)F.[Rh+]. The quantitative estimate of drug-likeness (QED) is 0.134. The molecule has 2 aromatic carbocycles. The zero-order valence-electron chi connectivity index (χ0n) is 24.1. The second-order valence-corrected chi connectivity index (χ2v) is 17.0. The van der Waals surface area contributed by atoms with Crippen molar-refractivity contribution in [3.8, 4) is 11.1 Å². The van der Waals surface area contributed by atoms with Crippen LogP contribution in [0.2, 0.25) is 0 Å². The third-order valence-corrected chi connectivity index (χ3v) is 12.4. The standard InChI is InChI=1S/C22H32P2.C8H12.BF4.Rh/c1-21(2,3)23(7)19-15-11-9-13-17(19)18-14-10-12-16-20(18)24(8)22(4,5)6;1-2-4-6-8-7-5-3-1;2-1(3,4)5;/h9-16H,1-8H3;1-2,7-8H,3-6H2;;/q;;-1;+1/b;2-1-,8-7-;;/t23-,24-;;;/m1.../s1. The van der Waals surface area contributed by atoms with Crippen LogP contribution in [0.15, 0.2) is 72.8 Å². The van der Waals surface area contributed by atoms with E-state index in [1.54, 1.807) is 0 Å². The van der Waals surface area contributed by atoms with Gasteiger partial charge in [-0.15, -0.1) is 0 Å². The Kier molecular flexibility index (Phi) is 16.7. The first kappa shape index (κ1) is 37.2. The summed E-state index contributed by atoms with van der Waals surface area (Å²) in [5.74, 6) is 0. The van der Waals surface area contributed by atoms with Crippen molar-refractivity contribution in [2.75, 3.05) is 13.3 Å². The summed E-state index contributed by atoms with van der Waals surface area (Å²) >= 11 is 0. The van der Waals surface area contributed by atoms with Crippen LogP contribution in [0.5, 0.6) is 0 Å². The Balaban J connectivity index is 0.000000804. The topological polar surface area (TPSA) is 0 Å². The third-order valence-electron chi connectivity index (χ3n) is 6.17. The first-order valence-corrected chi connectivity index (χ1v) is 16.4. The Hall–Kier alpha value is -0.812. The molecule has 0 saturated carbocycles. The predicted molar refractivity (Wildman–Crippen MR) is 163 cm³/mol. The van der Waals surface area contributed by atoms with Crippen molar-refractivity contribution in [1.82, 2.24) is 0 Å². The molecule has 0 N–H and O–H groups in total. The summed E-state index contributed by atoms with van der Waals surface area (Å²) in [7, 11) is -6.43. The smallest absolute Gasteiger partial charge is 0.418 e. The van der Waals surface area contributed by atoms with Crippen molar-refractivity contribution in [2.24, 2.45) is 0 Å². The average Bonchev–Trinajstić information content (AvgIpc) is 2.76. The monoisotopic (exact) mass is 656 g/mol. The second-order valence-electron chi connectivity index (χ2n) is 11.1. The molecule has 2 atom stereocenters. The van der Waals surface area contributed by atoms with Gasteiger partial charge in [0.05, 0.1) is 0 Å². The van der Waals surface area contributed by atoms with Gasteiger partial charge in [-0.3, -0.25) is 0 Å². The molecule has 1 aliphatic carbocycles. The molecule has 0 aliphatic heterocycles. The van der Waals surface area contributed by atoms with E-state index in [-0.39, 0.29) is 35.3 Å². The molecule has 0 aromatic heterocycles. The summed E-state index contributed by atoms with van der Waals surface area (Å²) in [5, 5.41) is 3.71. The van der Waals surface area contributed by atoms with Crippen LogP contribution in [0.3, 0.4) is 0 Å². The van der Waals surface area contributed by atoms with Crippen molar-refractivity contribution in [3.63, 3.8) is 0 Å². The minimum Gasteiger partial charge on any atom is -0.418 e. The minimum atomic E-state index is -6.00. The van der Waals surface area contributed by atoms with Gasteiger partial charge in [0.2, 0.25) is 0 Å². The van der Waals surface area contributed by atoms with Gasteiger partial charge in [0.15, 0.2) is 0 Å².